The van der Waals surface area contributed by atoms with Crippen LogP contribution in [0.15, 0.2) is 12.1 Å². The van der Waals surface area contributed by atoms with Crippen molar-refractivity contribution in [3.8, 4) is 0 Å². The fourth-order valence-corrected chi connectivity index (χ4v) is 1.97. The molecule has 1 aromatic carbocycles. The van der Waals surface area contributed by atoms with Gasteiger partial charge in [-0.3, -0.25) is 19.7 Å². The summed E-state index contributed by atoms with van der Waals surface area (Å²) < 4.78 is 26.8. The van der Waals surface area contributed by atoms with Crippen LogP contribution in [-0.4, -0.2) is 29.3 Å². The first-order valence-electron chi connectivity index (χ1n) is 6.09. The van der Waals surface area contributed by atoms with Crippen LogP contribution in [0.5, 0.6) is 0 Å². The van der Waals surface area contributed by atoms with E-state index in [-0.39, 0.29) is 18.9 Å². The van der Waals surface area contributed by atoms with Crippen molar-refractivity contribution in [2.24, 2.45) is 0 Å². The van der Waals surface area contributed by atoms with E-state index in [4.69, 9.17) is 0 Å². The second-order valence-corrected chi connectivity index (χ2v) is 4.55. The monoisotopic (exact) mass is 299 g/mol. The molecule has 0 saturated carbocycles. The van der Waals surface area contributed by atoms with Gasteiger partial charge in [-0.25, -0.2) is 4.39 Å². The largest absolute Gasteiger partial charge is 0.354 e. The van der Waals surface area contributed by atoms with E-state index in [1.165, 1.54) is 0 Å². The number of carbonyl (C=O) groups excluding carboxylic acids is 2. The molecule has 112 valence electrons. The lowest BCUT2D eigenvalue weighted by molar-refractivity contribution is -0.387. The molecule has 0 aromatic heterocycles. The molecule has 9 heteroatoms. The molecule has 1 fully saturated rings. The number of nitrogens with zero attached hydrogens (tertiary/aromatic N) is 1. The van der Waals surface area contributed by atoms with E-state index >= 15 is 0 Å². The van der Waals surface area contributed by atoms with Gasteiger partial charge in [0, 0.05) is 31.1 Å². The van der Waals surface area contributed by atoms with E-state index in [2.05, 4.69) is 10.6 Å². The third-order valence-electron chi connectivity index (χ3n) is 3.08. The lowest BCUT2D eigenvalue weighted by Crippen LogP contribution is -2.47. The van der Waals surface area contributed by atoms with Crippen LogP contribution in [0.4, 0.5) is 14.5 Å². The number of amides is 2. The molecule has 2 amide bonds. The fourth-order valence-electron chi connectivity index (χ4n) is 1.97. The van der Waals surface area contributed by atoms with Gasteiger partial charge in [0.1, 0.15) is 5.82 Å². The summed E-state index contributed by atoms with van der Waals surface area (Å²) in [6, 6.07) is 0.454. The number of carbonyl (C=O) groups is 2. The van der Waals surface area contributed by atoms with Crippen molar-refractivity contribution in [1.29, 1.82) is 0 Å². The fraction of sp³-hybridized carbons (Fsp3) is 0.333. The van der Waals surface area contributed by atoms with E-state index in [0.717, 1.165) is 0 Å². The highest BCUT2D eigenvalue weighted by Crippen LogP contribution is 2.21. The maximum Gasteiger partial charge on any atom is 0.305 e. The number of rotatable bonds is 3. The molecule has 0 bridgehead atoms. The molecule has 1 aliphatic rings. The standard InChI is InChI=1S/C12H11F2N3O4/c13-8-4-9(14)10(17(20)21)3-7(8)12(19)16-6-1-2-11(18)15-5-6/h3-4,6H,1-2,5H2,(H,15,18)(H,16,19). The molecule has 0 radical (unpaired) electrons. The van der Waals surface area contributed by atoms with Gasteiger partial charge in [-0.05, 0) is 6.42 Å². The Balaban J connectivity index is 2.17. The minimum Gasteiger partial charge on any atom is -0.354 e. The van der Waals surface area contributed by atoms with Crippen LogP contribution in [0.2, 0.25) is 0 Å². The summed E-state index contributed by atoms with van der Waals surface area (Å²) in [5.74, 6) is -3.57. The van der Waals surface area contributed by atoms with Crippen molar-refractivity contribution < 1.29 is 23.3 Å². The van der Waals surface area contributed by atoms with Crippen molar-refractivity contribution in [2.75, 3.05) is 6.54 Å². The van der Waals surface area contributed by atoms with Crippen LogP contribution in [0.25, 0.3) is 0 Å². The van der Waals surface area contributed by atoms with Gasteiger partial charge in [-0.1, -0.05) is 0 Å². The number of nitrogens with one attached hydrogen (secondary N) is 2. The van der Waals surface area contributed by atoms with Crippen LogP contribution in [0, 0.1) is 21.7 Å². The van der Waals surface area contributed by atoms with Gasteiger partial charge in [0.15, 0.2) is 0 Å². The SMILES string of the molecule is O=C1CCC(NC(=O)c2cc([N+](=O)[O-])c(F)cc2F)CN1. The third kappa shape index (κ3) is 3.30. The number of hydrogen-bond acceptors (Lipinski definition) is 4. The van der Waals surface area contributed by atoms with Gasteiger partial charge in [0.2, 0.25) is 11.7 Å². The minimum absolute atomic E-state index is 0.149. The lowest BCUT2D eigenvalue weighted by Gasteiger charge is -2.23. The highest BCUT2D eigenvalue weighted by Gasteiger charge is 2.25. The van der Waals surface area contributed by atoms with E-state index in [0.29, 0.717) is 18.6 Å². The first kappa shape index (κ1) is 14.8. The number of nitro benzene ring substituents is 1. The van der Waals surface area contributed by atoms with E-state index in [9.17, 15) is 28.5 Å². The van der Waals surface area contributed by atoms with Gasteiger partial charge >= 0.3 is 5.69 Å². The zero-order valence-electron chi connectivity index (χ0n) is 10.7. The predicted octanol–water partition coefficient (Wildman–Crippen LogP) is 0.881. The van der Waals surface area contributed by atoms with Gasteiger partial charge in [-0.2, -0.15) is 4.39 Å². The molecule has 2 N–H and O–H groups in total. The summed E-state index contributed by atoms with van der Waals surface area (Å²) in [6.07, 6.45) is 0.597. The van der Waals surface area contributed by atoms with Crippen LogP contribution in [-0.2, 0) is 4.79 Å². The van der Waals surface area contributed by atoms with Crippen LogP contribution < -0.4 is 10.6 Å². The molecule has 0 aliphatic carbocycles. The Morgan fingerprint density at radius 2 is 2.10 bits per heavy atom. The van der Waals surface area contributed by atoms with Crippen molar-refractivity contribution >= 4 is 17.5 Å². The van der Waals surface area contributed by atoms with E-state index in [1.807, 2.05) is 0 Å². The Kier molecular flexibility index (Phi) is 4.10. The number of halogens is 2. The van der Waals surface area contributed by atoms with Crippen LogP contribution in [0.1, 0.15) is 23.2 Å². The average molecular weight is 299 g/mol. The summed E-state index contributed by atoms with van der Waals surface area (Å²) >= 11 is 0. The topological polar surface area (TPSA) is 101 Å². The van der Waals surface area contributed by atoms with Crippen molar-refractivity contribution in [3.05, 3.63) is 39.4 Å². The molecular weight excluding hydrogens is 288 g/mol. The molecule has 0 spiro atoms. The van der Waals surface area contributed by atoms with Crippen molar-refractivity contribution in [2.45, 2.75) is 18.9 Å². The normalized spacial score (nSPS) is 18.0. The summed E-state index contributed by atoms with van der Waals surface area (Å²) in [5, 5.41) is 15.6. The molecular formula is C12H11F2N3O4. The predicted molar refractivity (Wildman–Crippen MR) is 66.5 cm³/mol. The zero-order chi connectivity index (χ0) is 15.6. The van der Waals surface area contributed by atoms with E-state index in [1.54, 1.807) is 0 Å². The maximum atomic E-state index is 13.6. The van der Waals surface area contributed by atoms with Gasteiger partial charge in [0.25, 0.3) is 5.91 Å². The average Bonchev–Trinajstić information content (AvgIpc) is 2.40. The van der Waals surface area contributed by atoms with Gasteiger partial charge in [-0.15, -0.1) is 0 Å². The van der Waals surface area contributed by atoms with Gasteiger partial charge < -0.3 is 10.6 Å². The Morgan fingerprint density at radius 3 is 2.67 bits per heavy atom. The maximum absolute atomic E-state index is 13.6. The first-order valence-corrected chi connectivity index (χ1v) is 6.09. The number of hydrogen-bond donors (Lipinski definition) is 2. The van der Waals surface area contributed by atoms with Gasteiger partial charge in [0.05, 0.1) is 10.5 Å². The Hall–Kier alpha value is -2.58. The molecule has 2 rings (SSSR count). The first-order chi connectivity index (χ1) is 9.88. The summed E-state index contributed by atoms with van der Waals surface area (Å²) in [5.41, 5.74) is -1.58. The van der Waals surface area contributed by atoms with E-state index < -0.39 is 39.8 Å². The second-order valence-electron chi connectivity index (χ2n) is 4.55. The lowest BCUT2D eigenvalue weighted by atomic mass is 10.1. The number of nitro groups is 1. The van der Waals surface area contributed by atoms with Crippen molar-refractivity contribution in [1.82, 2.24) is 10.6 Å². The Morgan fingerprint density at radius 1 is 1.38 bits per heavy atom. The highest BCUT2D eigenvalue weighted by atomic mass is 19.1. The highest BCUT2D eigenvalue weighted by molar-refractivity contribution is 5.95. The number of benzene rings is 1. The summed E-state index contributed by atoms with van der Waals surface area (Å²) in [4.78, 5) is 32.4. The summed E-state index contributed by atoms with van der Waals surface area (Å²) in [6.45, 7) is 0.190. The Labute approximate surface area is 117 Å². The van der Waals surface area contributed by atoms with Crippen LogP contribution in [0.3, 0.4) is 0 Å². The molecule has 1 atom stereocenters. The smallest absolute Gasteiger partial charge is 0.305 e. The zero-order valence-corrected chi connectivity index (χ0v) is 10.7. The minimum atomic E-state index is -1.35. The second kappa shape index (κ2) is 5.81. The molecule has 1 heterocycles. The molecule has 7 nitrogen and oxygen atoms in total. The Bertz CT molecular complexity index is 611. The van der Waals surface area contributed by atoms with Crippen LogP contribution >= 0.6 is 0 Å². The van der Waals surface area contributed by atoms with Crippen molar-refractivity contribution in [3.63, 3.8) is 0 Å². The molecule has 1 aromatic rings. The summed E-state index contributed by atoms with van der Waals surface area (Å²) in [7, 11) is 0. The molecule has 1 unspecified atom stereocenters. The molecule has 21 heavy (non-hydrogen) atoms. The number of piperidine rings is 1. The molecule has 1 aliphatic heterocycles. The third-order valence-corrected chi connectivity index (χ3v) is 3.08. The molecule has 1 saturated heterocycles. The quantitative estimate of drug-likeness (QED) is 0.639.